The van der Waals surface area contributed by atoms with Crippen LogP contribution in [-0.4, -0.2) is 59.8 Å². The van der Waals surface area contributed by atoms with Crippen molar-refractivity contribution in [3.8, 4) is 17.2 Å². The van der Waals surface area contributed by atoms with Gasteiger partial charge in [-0.25, -0.2) is 4.39 Å². The molecule has 2 aliphatic heterocycles. The highest BCUT2D eigenvalue weighted by atomic mass is 19.4. The lowest BCUT2D eigenvalue weighted by Crippen LogP contribution is -2.57. The zero-order valence-corrected chi connectivity index (χ0v) is 24.2. The van der Waals surface area contributed by atoms with E-state index in [-0.39, 0.29) is 35.9 Å². The minimum atomic E-state index is -5.09. The second kappa shape index (κ2) is 11.4. The first-order valence-corrected chi connectivity index (χ1v) is 13.5. The summed E-state index contributed by atoms with van der Waals surface area (Å²) in [6.45, 7) is 3.80. The van der Waals surface area contributed by atoms with Crippen molar-refractivity contribution in [1.29, 1.82) is 0 Å². The van der Waals surface area contributed by atoms with E-state index in [2.05, 4.69) is 20.1 Å². The molecule has 3 amide bonds. The Kier molecular flexibility index (Phi) is 8.05. The number of alkyl halides is 5. The number of amides is 3. The standard InChI is InChI=1S/C30H25F6N3O7/c1-28(2,43)15-12-39(13-15)27(42)14-4-7-22(44-3)18(8-14)26(41)38-21-11-24-23(45-30(35,36)46-24)10-17(21)25(40)37-16-5-6-20(31)19(9-16)29(32,33)34/h4-11,15,43H,12-13H2,1-3H3,(H,37,40)(H,38,41). The molecular weight excluding hydrogens is 628 g/mol. The summed E-state index contributed by atoms with van der Waals surface area (Å²) in [6, 6.07) is 7.24. The van der Waals surface area contributed by atoms with Crippen molar-refractivity contribution in [2.75, 3.05) is 30.8 Å². The number of hydrogen-bond donors (Lipinski definition) is 3. The van der Waals surface area contributed by atoms with Gasteiger partial charge in [-0.3, -0.25) is 14.4 Å². The molecule has 1 saturated heterocycles. The molecule has 0 aliphatic carbocycles. The average Bonchev–Trinajstić information content (AvgIpc) is 3.23. The minimum Gasteiger partial charge on any atom is -0.496 e. The Morgan fingerprint density at radius 2 is 1.57 bits per heavy atom. The monoisotopic (exact) mass is 653 g/mol. The van der Waals surface area contributed by atoms with E-state index in [1.807, 2.05) is 0 Å². The first-order valence-electron chi connectivity index (χ1n) is 13.5. The Labute approximate surface area is 256 Å². The van der Waals surface area contributed by atoms with Gasteiger partial charge >= 0.3 is 12.5 Å². The number of likely N-dealkylation sites (tertiary alicyclic amines) is 1. The fourth-order valence-corrected chi connectivity index (χ4v) is 4.79. The number of rotatable bonds is 7. The second-order valence-electron chi connectivity index (χ2n) is 11.1. The third-order valence-corrected chi connectivity index (χ3v) is 7.42. The molecule has 0 radical (unpaired) electrons. The van der Waals surface area contributed by atoms with Crippen LogP contribution in [0.25, 0.3) is 0 Å². The average molecular weight is 654 g/mol. The Balaban J connectivity index is 1.45. The van der Waals surface area contributed by atoms with Gasteiger partial charge < -0.3 is 34.9 Å². The van der Waals surface area contributed by atoms with Crippen LogP contribution in [0.15, 0.2) is 48.5 Å². The molecule has 0 saturated carbocycles. The molecule has 2 heterocycles. The van der Waals surface area contributed by atoms with Gasteiger partial charge in [0, 0.05) is 36.3 Å². The SMILES string of the molecule is COc1ccc(C(=O)N2CC(C(C)(C)O)C2)cc1C(=O)Nc1cc2c(cc1C(=O)Nc1ccc(F)c(C(F)(F)F)c1)OC(F)(F)O2. The van der Waals surface area contributed by atoms with Gasteiger partial charge in [-0.05, 0) is 56.3 Å². The molecule has 0 atom stereocenters. The van der Waals surface area contributed by atoms with E-state index in [0.717, 1.165) is 18.2 Å². The molecule has 2 aliphatic rings. The van der Waals surface area contributed by atoms with Crippen molar-refractivity contribution in [3.05, 3.63) is 76.6 Å². The third kappa shape index (κ3) is 6.51. The van der Waals surface area contributed by atoms with E-state index < -0.39 is 75.6 Å². The number of benzene rings is 3. The molecule has 1 fully saturated rings. The maximum Gasteiger partial charge on any atom is 0.586 e. The minimum absolute atomic E-state index is 0.00343. The van der Waals surface area contributed by atoms with Crippen LogP contribution in [0.3, 0.4) is 0 Å². The summed E-state index contributed by atoms with van der Waals surface area (Å²) in [7, 11) is 1.25. The fourth-order valence-electron chi connectivity index (χ4n) is 4.79. The number of carbonyl (C=O) groups is 3. The molecule has 5 rings (SSSR count). The number of ether oxygens (including phenoxy) is 3. The van der Waals surface area contributed by atoms with E-state index in [1.165, 1.54) is 30.2 Å². The molecule has 3 aromatic carbocycles. The van der Waals surface area contributed by atoms with Crippen LogP contribution in [-0.2, 0) is 6.18 Å². The summed E-state index contributed by atoms with van der Waals surface area (Å²) < 4.78 is 95.1. The molecule has 244 valence electrons. The van der Waals surface area contributed by atoms with Crippen molar-refractivity contribution in [1.82, 2.24) is 4.90 Å². The molecule has 3 N–H and O–H groups in total. The quantitative estimate of drug-likeness (QED) is 0.287. The van der Waals surface area contributed by atoms with Crippen molar-refractivity contribution < 1.29 is 60.0 Å². The Bertz CT molecular complexity index is 1730. The van der Waals surface area contributed by atoms with Gasteiger partial charge in [-0.15, -0.1) is 8.78 Å². The highest BCUT2D eigenvalue weighted by Crippen LogP contribution is 2.44. The van der Waals surface area contributed by atoms with Crippen molar-refractivity contribution in [2.45, 2.75) is 31.9 Å². The summed E-state index contributed by atoms with van der Waals surface area (Å²) in [6.07, 6.45) is -9.22. The first-order chi connectivity index (χ1) is 21.4. The van der Waals surface area contributed by atoms with Crippen LogP contribution in [0.1, 0.15) is 50.5 Å². The van der Waals surface area contributed by atoms with Gasteiger partial charge in [-0.1, -0.05) is 0 Å². The highest BCUT2D eigenvalue weighted by Gasteiger charge is 2.44. The maximum absolute atomic E-state index is 13.8. The van der Waals surface area contributed by atoms with Crippen LogP contribution in [0, 0.1) is 11.7 Å². The molecule has 46 heavy (non-hydrogen) atoms. The van der Waals surface area contributed by atoms with Gasteiger partial charge in [0.1, 0.15) is 11.6 Å². The van der Waals surface area contributed by atoms with Gasteiger partial charge in [0.15, 0.2) is 11.5 Å². The van der Waals surface area contributed by atoms with Crippen molar-refractivity contribution in [3.63, 3.8) is 0 Å². The lowest BCUT2D eigenvalue weighted by Gasteiger charge is -2.45. The van der Waals surface area contributed by atoms with Crippen LogP contribution < -0.4 is 24.8 Å². The van der Waals surface area contributed by atoms with E-state index in [9.17, 15) is 45.8 Å². The lowest BCUT2D eigenvalue weighted by atomic mass is 9.84. The number of halogens is 6. The van der Waals surface area contributed by atoms with E-state index >= 15 is 0 Å². The number of nitrogens with zero attached hydrogens (tertiary/aromatic N) is 1. The first kappa shape index (κ1) is 32.4. The molecule has 0 aromatic heterocycles. The van der Waals surface area contributed by atoms with Crippen molar-refractivity contribution >= 4 is 29.1 Å². The summed E-state index contributed by atoms with van der Waals surface area (Å²) in [5.74, 6) is -5.55. The van der Waals surface area contributed by atoms with Crippen LogP contribution in [0.4, 0.5) is 37.7 Å². The van der Waals surface area contributed by atoms with Crippen molar-refractivity contribution in [2.24, 2.45) is 5.92 Å². The zero-order chi connectivity index (χ0) is 33.8. The molecule has 0 unspecified atom stereocenters. The number of fused-ring (bicyclic) bond motifs is 1. The fraction of sp³-hybridized carbons (Fsp3) is 0.300. The van der Waals surface area contributed by atoms with E-state index in [4.69, 9.17) is 4.74 Å². The zero-order valence-electron chi connectivity index (χ0n) is 24.2. The number of anilines is 2. The second-order valence-corrected chi connectivity index (χ2v) is 11.1. The third-order valence-electron chi connectivity index (χ3n) is 7.42. The normalized spacial score (nSPS) is 15.7. The Hall–Kier alpha value is -4.99. The van der Waals surface area contributed by atoms with Gasteiger partial charge in [0.25, 0.3) is 17.7 Å². The smallest absolute Gasteiger partial charge is 0.496 e. The number of methoxy groups -OCH3 is 1. The lowest BCUT2D eigenvalue weighted by molar-refractivity contribution is -0.286. The number of carbonyl (C=O) groups excluding carboxylic acids is 3. The molecule has 0 bridgehead atoms. The molecule has 10 nitrogen and oxygen atoms in total. The largest absolute Gasteiger partial charge is 0.586 e. The predicted octanol–water partition coefficient (Wildman–Crippen LogP) is 5.52. The van der Waals surface area contributed by atoms with E-state index in [1.54, 1.807) is 13.8 Å². The number of nitrogens with one attached hydrogen (secondary N) is 2. The van der Waals surface area contributed by atoms with Gasteiger partial charge in [0.2, 0.25) is 0 Å². The van der Waals surface area contributed by atoms with Gasteiger partial charge in [0.05, 0.1) is 35.1 Å². The topological polar surface area (TPSA) is 126 Å². The van der Waals surface area contributed by atoms with E-state index in [0.29, 0.717) is 12.1 Å². The Morgan fingerprint density at radius 1 is 0.935 bits per heavy atom. The molecule has 0 spiro atoms. The maximum atomic E-state index is 13.8. The summed E-state index contributed by atoms with van der Waals surface area (Å²) >= 11 is 0. The number of aliphatic hydroxyl groups is 1. The summed E-state index contributed by atoms with van der Waals surface area (Å²) in [5, 5.41) is 14.6. The number of hydrogen-bond acceptors (Lipinski definition) is 7. The predicted molar refractivity (Wildman–Crippen MR) is 149 cm³/mol. The van der Waals surface area contributed by atoms with Crippen LogP contribution >= 0.6 is 0 Å². The van der Waals surface area contributed by atoms with Crippen LogP contribution in [0.2, 0.25) is 0 Å². The molecular formula is C30H25F6N3O7. The van der Waals surface area contributed by atoms with Gasteiger partial charge in [-0.2, -0.15) is 13.2 Å². The Morgan fingerprint density at radius 3 is 2.17 bits per heavy atom. The van der Waals surface area contributed by atoms with Crippen LogP contribution in [0.5, 0.6) is 17.2 Å². The summed E-state index contributed by atoms with van der Waals surface area (Å²) in [4.78, 5) is 41.2. The highest BCUT2D eigenvalue weighted by molar-refractivity contribution is 6.14. The molecule has 3 aromatic rings. The summed E-state index contributed by atoms with van der Waals surface area (Å²) in [5.41, 5.74) is -4.26. The molecule has 16 heteroatoms.